The summed E-state index contributed by atoms with van der Waals surface area (Å²) in [7, 11) is 0. The maximum atomic E-state index is 3.16. The van der Waals surface area contributed by atoms with Crippen LogP contribution in [0.15, 0.2) is 23.4 Å². The van der Waals surface area contributed by atoms with Crippen LogP contribution in [0.25, 0.3) is 0 Å². The fourth-order valence-electron chi connectivity index (χ4n) is 1.47. The van der Waals surface area contributed by atoms with E-state index in [0.717, 1.165) is 6.42 Å². The van der Waals surface area contributed by atoms with Gasteiger partial charge in [-0.15, -0.1) is 0 Å². The van der Waals surface area contributed by atoms with Crippen LogP contribution in [0, 0.1) is 6.54 Å². The summed E-state index contributed by atoms with van der Waals surface area (Å²) in [6, 6.07) is 0. The summed E-state index contributed by atoms with van der Waals surface area (Å²) in [5.41, 5.74) is 2.89. The molecule has 0 aromatic carbocycles. The van der Waals surface area contributed by atoms with E-state index in [1.807, 2.05) is 0 Å². The molecule has 0 saturated carbocycles. The molecule has 0 saturated heterocycles. The monoisotopic (exact) mass is 133 g/mol. The van der Waals surface area contributed by atoms with Crippen LogP contribution in [-0.4, -0.2) is 0 Å². The average molecular weight is 133 g/mol. The van der Waals surface area contributed by atoms with Crippen LogP contribution < -0.4 is 5.32 Å². The zero-order chi connectivity index (χ0) is 6.81. The Hall–Kier alpha value is -0.720. The van der Waals surface area contributed by atoms with Gasteiger partial charge in [0.25, 0.3) is 0 Å². The van der Waals surface area contributed by atoms with E-state index in [1.165, 1.54) is 25.0 Å². The maximum Gasteiger partial charge on any atom is 0.0883 e. The van der Waals surface area contributed by atoms with Crippen LogP contribution in [0.3, 0.4) is 0 Å². The molecule has 0 atom stereocenters. The van der Waals surface area contributed by atoms with Gasteiger partial charge in [0.2, 0.25) is 0 Å². The van der Waals surface area contributed by atoms with Gasteiger partial charge in [-0.1, -0.05) is 6.08 Å². The molecule has 2 radical (unpaired) electrons. The van der Waals surface area contributed by atoms with Crippen molar-refractivity contribution in [3.63, 3.8) is 0 Å². The molecule has 1 N–H and O–H groups in total. The summed E-state index contributed by atoms with van der Waals surface area (Å²) in [4.78, 5) is 0. The Kier molecular flexibility index (Phi) is 1.50. The molecular formula is C9H11N. The number of hydrogen-bond acceptors (Lipinski definition) is 1. The first-order valence-corrected chi connectivity index (χ1v) is 3.84. The second-order valence-corrected chi connectivity index (χ2v) is 2.76. The molecule has 0 spiro atoms. The molecule has 0 aromatic heterocycles. The summed E-state index contributed by atoms with van der Waals surface area (Å²) >= 11 is 0. The molecule has 0 bridgehead atoms. The van der Waals surface area contributed by atoms with Crippen LogP contribution in [0.2, 0.25) is 0 Å². The van der Waals surface area contributed by atoms with Crippen molar-refractivity contribution >= 4 is 0 Å². The van der Waals surface area contributed by atoms with Crippen molar-refractivity contribution in [3.05, 3.63) is 30.0 Å². The van der Waals surface area contributed by atoms with Gasteiger partial charge >= 0.3 is 0 Å². The van der Waals surface area contributed by atoms with Gasteiger partial charge < -0.3 is 5.32 Å². The number of nitrogens with one attached hydrogen (secondary N) is 1. The highest BCUT2D eigenvalue weighted by Gasteiger charge is 2.11. The van der Waals surface area contributed by atoms with E-state index in [2.05, 4.69) is 24.0 Å². The molecular weight excluding hydrogens is 122 g/mol. The Morgan fingerprint density at radius 1 is 1.40 bits per heavy atom. The highest BCUT2D eigenvalue weighted by molar-refractivity contribution is 5.30. The molecule has 1 heteroatoms. The molecule has 1 aliphatic carbocycles. The van der Waals surface area contributed by atoms with Crippen molar-refractivity contribution in [2.75, 3.05) is 0 Å². The first-order chi connectivity index (χ1) is 4.97. The molecule has 1 aliphatic heterocycles. The van der Waals surface area contributed by atoms with E-state index >= 15 is 0 Å². The van der Waals surface area contributed by atoms with Crippen molar-refractivity contribution < 1.29 is 0 Å². The van der Waals surface area contributed by atoms with Gasteiger partial charge in [-0.2, -0.15) is 0 Å². The SMILES string of the molecule is [C]1CCC2=C(C=CCC2)N1. The van der Waals surface area contributed by atoms with Crippen molar-refractivity contribution in [2.45, 2.75) is 25.7 Å². The first-order valence-electron chi connectivity index (χ1n) is 3.84. The summed E-state index contributed by atoms with van der Waals surface area (Å²) < 4.78 is 0. The number of hydrogen-bond donors (Lipinski definition) is 1. The highest BCUT2D eigenvalue weighted by atomic mass is 14.9. The van der Waals surface area contributed by atoms with Crippen LogP contribution >= 0.6 is 0 Å². The van der Waals surface area contributed by atoms with Gasteiger partial charge in [0.15, 0.2) is 0 Å². The Labute approximate surface area is 61.8 Å². The van der Waals surface area contributed by atoms with Gasteiger partial charge in [0.1, 0.15) is 0 Å². The third-order valence-electron chi connectivity index (χ3n) is 2.05. The number of allylic oxidation sites excluding steroid dienone is 3. The largest absolute Gasteiger partial charge is 0.375 e. The van der Waals surface area contributed by atoms with Crippen LogP contribution in [0.1, 0.15) is 25.7 Å². The average Bonchev–Trinajstić information content (AvgIpc) is 2.05. The van der Waals surface area contributed by atoms with Gasteiger partial charge in [0, 0.05) is 5.70 Å². The molecule has 0 unspecified atom stereocenters. The van der Waals surface area contributed by atoms with Crippen LogP contribution in [-0.2, 0) is 0 Å². The molecule has 2 rings (SSSR count). The third-order valence-corrected chi connectivity index (χ3v) is 2.05. The lowest BCUT2D eigenvalue weighted by atomic mass is 9.95. The Bertz CT molecular complexity index is 189. The maximum absolute atomic E-state index is 3.16. The summed E-state index contributed by atoms with van der Waals surface area (Å²) in [6.07, 6.45) is 9.16. The minimum atomic E-state index is 1.08. The Balaban J connectivity index is 2.23. The van der Waals surface area contributed by atoms with E-state index in [4.69, 9.17) is 0 Å². The van der Waals surface area contributed by atoms with Crippen molar-refractivity contribution in [2.24, 2.45) is 0 Å². The molecule has 0 amide bonds. The quantitative estimate of drug-likeness (QED) is 0.533. The lowest BCUT2D eigenvalue weighted by molar-refractivity contribution is 0.710. The van der Waals surface area contributed by atoms with Gasteiger partial charge in [-0.3, -0.25) is 0 Å². The minimum absolute atomic E-state index is 1.08. The Morgan fingerprint density at radius 2 is 2.40 bits per heavy atom. The topological polar surface area (TPSA) is 12.0 Å². The fourth-order valence-corrected chi connectivity index (χ4v) is 1.47. The van der Waals surface area contributed by atoms with Crippen LogP contribution in [0.4, 0.5) is 0 Å². The molecule has 1 nitrogen and oxygen atoms in total. The second-order valence-electron chi connectivity index (χ2n) is 2.76. The lowest BCUT2D eigenvalue weighted by Gasteiger charge is -2.21. The fraction of sp³-hybridized carbons (Fsp3) is 0.444. The van der Waals surface area contributed by atoms with E-state index < -0.39 is 0 Å². The van der Waals surface area contributed by atoms with Gasteiger partial charge in [0.05, 0.1) is 6.54 Å². The standard InChI is InChI=1S/C9H11N/c1-2-6-9-8(4-1)5-3-7-10-9/h2,6,10H,1,3-5H2. The van der Waals surface area contributed by atoms with E-state index in [1.54, 1.807) is 5.57 Å². The summed E-state index contributed by atoms with van der Waals surface area (Å²) in [6.45, 7) is 3.12. The molecule has 2 aliphatic rings. The van der Waals surface area contributed by atoms with Crippen molar-refractivity contribution in [1.82, 2.24) is 5.32 Å². The Morgan fingerprint density at radius 3 is 3.30 bits per heavy atom. The number of rotatable bonds is 0. The van der Waals surface area contributed by atoms with Crippen LogP contribution in [0.5, 0.6) is 0 Å². The molecule has 10 heavy (non-hydrogen) atoms. The van der Waals surface area contributed by atoms with E-state index in [9.17, 15) is 0 Å². The third kappa shape index (κ3) is 0.962. The zero-order valence-corrected chi connectivity index (χ0v) is 5.98. The second kappa shape index (κ2) is 2.49. The first kappa shape index (κ1) is 6.02. The molecule has 0 fully saturated rings. The normalized spacial score (nSPS) is 24.0. The molecule has 52 valence electrons. The predicted octanol–water partition coefficient (Wildman–Crippen LogP) is 2.01. The molecule has 0 aromatic rings. The molecule has 1 heterocycles. The smallest absolute Gasteiger partial charge is 0.0883 e. The lowest BCUT2D eigenvalue weighted by Crippen LogP contribution is -2.17. The predicted molar refractivity (Wildman–Crippen MR) is 41.0 cm³/mol. The van der Waals surface area contributed by atoms with E-state index in [0.29, 0.717) is 0 Å². The minimum Gasteiger partial charge on any atom is -0.375 e. The van der Waals surface area contributed by atoms with Gasteiger partial charge in [-0.25, -0.2) is 0 Å². The van der Waals surface area contributed by atoms with Gasteiger partial charge in [-0.05, 0) is 37.3 Å². The summed E-state index contributed by atoms with van der Waals surface area (Å²) in [5.74, 6) is 0. The van der Waals surface area contributed by atoms with Crippen molar-refractivity contribution in [3.8, 4) is 0 Å². The van der Waals surface area contributed by atoms with Crippen molar-refractivity contribution in [1.29, 1.82) is 0 Å². The zero-order valence-electron chi connectivity index (χ0n) is 5.98. The summed E-state index contributed by atoms with van der Waals surface area (Å²) in [5, 5.41) is 3.16. The highest BCUT2D eigenvalue weighted by Crippen LogP contribution is 2.25. The van der Waals surface area contributed by atoms with E-state index in [-0.39, 0.29) is 0 Å².